The maximum atomic E-state index is 12.5. The van der Waals surface area contributed by atoms with Crippen LogP contribution in [-0.4, -0.2) is 18.3 Å². The van der Waals surface area contributed by atoms with Gasteiger partial charge in [0.25, 0.3) is 5.56 Å². The van der Waals surface area contributed by atoms with Crippen LogP contribution in [0.4, 0.5) is 0 Å². The number of pyridine rings is 1. The van der Waals surface area contributed by atoms with Crippen LogP contribution in [0.2, 0.25) is 0 Å². The molecule has 0 saturated heterocycles. The molecular weight excluding hydrogens is 282 g/mol. The monoisotopic (exact) mass is 303 g/mol. The number of rotatable bonds is 6. The van der Waals surface area contributed by atoms with Crippen molar-refractivity contribution in [1.82, 2.24) is 4.57 Å². The number of aryl methyl sites for hydroxylation is 1. The molecule has 0 spiro atoms. The predicted octanol–water partition coefficient (Wildman–Crippen LogP) is 3.29. The highest BCUT2D eigenvalue weighted by Gasteiger charge is 2.09. The topological polar surface area (TPSA) is 31.2 Å². The van der Waals surface area contributed by atoms with Gasteiger partial charge in [0.1, 0.15) is 0 Å². The van der Waals surface area contributed by atoms with Gasteiger partial charge in [0, 0.05) is 31.6 Å². The molecular formula is C17H21NO2S. The van der Waals surface area contributed by atoms with Crippen molar-refractivity contribution in [2.75, 3.05) is 13.7 Å². The molecule has 4 heteroatoms. The largest absolute Gasteiger partial charge is 0.385 e. The molecule has 0 atom stereocenters. The van der Waals surface area contributed by atoms with Gasteiger partial charge >= 0.3 is 0 Å². The van der Waals surface area contributed by atoms with Gasteiger partial charge in [0.05, 0.1) is 5.69 Å². The van der Waals surface area contributed by atoms with Crippen molar-refractivity contribution in [2.45, 2.75) is 25.6 Å². The van der Waals surface area contributed by atoms with Crippen LogP contribution in [0.3, 0.4) is 0 Å². The molecule has 2 aromatic rings. The van der Waals surface area contributed by atoms with Crippen molar-refractivity contribution in [3.63, 3.8) is 0 Å². The van der Waals surface area contributed by atoms with E-state index in [0.29, 0.717) is 18.9 Å². The fraction of sp³-hybridized carbons (Fsp3) is 0.353. The second-order valence-electron chi connectivity index (χ2n) is 5.07. The van der Waals surface area contributed by atoms with E-state index >= 15 is 0 Å². The van der Waals surface area contributed by atoms with E-state index in [1.165, 1.54) is 5.56 Å². The average molecular weight is 303 g/mol. The van der Waals surface area contributed by atoms with Crippen LogP contribution in [-0.2, 0) is 17.0 Å². The molecule has 1 aromatic carbocycles. The highest BCUT2D eigenvalue weighted by atomic mass is 32.1. The van der Waals surface area contributed by atoms with Gasteiger partial charge in [-0.15, -0.1) is 0 Å². The Morgan fingerprint density at radius 3 is 2.48 bits per heavy atom. The van der Waals surface area contributed by atoms with Gasteiger partial charge in [-0.2, -0.15) is 12.6 Å². The summed E-state index contributed by atoms with van der Waals surface area (Å²) in [5, 5.41) is 0. The van der Waals surface area contributed by atoms with Crippen molar-refractivity contribution >= 4 is 12.6 Å². The number of nitrogens with zero attached hydrogens (tertiary/aromatic N) is 1. The van der Waals surface area contributed by atoms with Crippen LogP contribution >= 0.6 is 12.6 Å². The lowest BCUT2D eigenvalue weighted by molar-refractivity contribution is 0.190. The Morgan fingerprint density at radius 1 is 1.14 bits per heavy atom. The fourth-order valence-corrected chi connectivity index (χ4v) is 2.55. The standard InChI is InChI=1S/C17H21NO2S/c1-13-4-6-14(7-5-13)16-9-8-15(12-21)17(19)18(16)10-3-11-20-2/h4-9,21H,3,10-12H2,1-2H3. The molecule has 0 fully saturated rings. The molecule has 0 unspecified atom stereocenters. The predicted molar refractivity (Wildman–Crippen MR) is 90.1 cm³/mol. The summed E-state index contributed by atoms with van der Waals surface area (Å²) in [4.78, 5) is 12.5. The highest BCUT2D eigenvalue weighted by Crippen LogP contribution is 2.19. The third kappa shape index (κ3) is 3.77. The minimum Gasteiger partial charge on any atom is -0.385 e. The number of benzene rings is 1. The Labute approximate surface area is 131 Å². The molecule has 1 aromatic heterocycles. The molecule has 0 amide bonds. The van der Waals surface area contributed by atoms with Gasteiger partial charge in [-0.05, 0) is 25.0 Å². The maximum absolute atomic E-state index is 12.5. The second kappa shape index (κ2) is 7.48. The summed E-state index contributed by atoms with van der Waals surface area (Å²) in [6.45, 7) is 3.35. The van der Waals surface area contributed by atoms with Crippen LogP contribution in [0.1, 0.15) is 17.5 Å². The van der Waals surface area contributed by atoms with E-state index in [-0.39, 0.29) is 5.56 Å². The lowest BCUT2D eigenvalue weighted by atomic mass is 10.1. The molecule has 0 aliphatic carbocycles. The number of hydrogen-bond donors (Lipinski definition) is 1. The summed E-state index contributed by atoms with van der Waals surface area (Å²) >= 11 is 4.23. The third-order valence-electron chi connectivity index (χ3n) is 3.50. The van der Waals surface area contributed by atoms with E-state index in [9.17, 15) is 4.79 Å². The summed E-state index contributed by atoms with van der Waals surface area (Å²) in [5.74, 6) is 0.456. The summed E-state index contributed by atoms with van der Waals surface area (Å²) in [5.41, 5.74) is 3.98. The van der Waals surface area contributed by atoms with E-state index < -0.39 is 0 Å². The molecule has 0 radical (unpaired) electrons. The second-order valence-corrected chi connectivity index (χ2v) is 5.39. The first-order chi connectivity index (χ1) is 10.2. The Kier molecular flexibility index (Phi) is 5.65. The zero-order valence-electron chi connectivity index (χ0n) is 12.5. The van der Waals surface area contributed by atoms with Crippen LogP contribution < -0.4 is 5.56 Å². The van der Waals surface area contributed by atoms with Gasteiger partial charge in [-0.1, -0.05) is 35.9 Å². The maximum Gasteiger partial charge on any atom is 0.255 e. The Bertz CT molecular complexity index is 647. The minimum atomic E-state index is 0.0409. The zero-order valence-corrected chi connectivity index (χ0v) is 13.4. The van der Waals surface area contributed by atoms with Crippen LogP contribution in [0.25, 0.3) is 11.3 Å². The van der Waals surface area contributed by atoms with Crippen LogP contribution in [0.15, 0.2) is 41.2 Å². The van der Waals surface area contributed by atoms with Gasteiger partial charge < -0.3 is 9.30 Å². The smallest absolute Gasteiger partial charge is 0.255 e. The average Bonchev–Trinajstić information content (AvgIpc) is 2.50. The molecule has 0 saturated carbocycles. The van der Waals surface area contributed by atoms with Crippen molar-refractivity contribution in [2.24, 2.45) is 0 Å². The fourth-order valence-electron chi connectivity index (χ4n) is 2.31. The quantitative estimate of drug-likeness (QED) is 0.656. The van der Waals surface area contributed by atoms with Crippen molar-refractivity contribution in [1.29, 1.82) is 0 Å². The molecule has 0 aliphatic heterocycles. The van der Waals surface area contributed by atoms with E-state index in [1.807, 2.05) is 16.7 Å². The Morgan fingerprint density at radius 2 is 1.86 bits per heavy atom. The first-order valence-corrected chi connectivity index (χ1v) is 7.70. The summed E-state index contributed by atoms with van der Waals surface area (Å²) in [6.07, 6.45) is 0.811. The summed E-state index contributed by atoms with van der Waals surface area (Å²) in [7, 11) is 1.67. The van der Waals surface area contributed by atoms with Gasteiger partial charge in [-0.3, -0.25) is 4.79 Å². The first kappa shape index (κ1) is 15.9. The summed E-state index contributed by atoms with van der Waals surface area (Å²) < 4.78 is 6.92. The molecule has 3 nitrogen and oxygen atoms in total. The van der Waals surface area contributed by atoms with Crippen molar-refractivity contribution in [3.05, 3.63) is 57.9 Å². The number of hydrogen-bond acceptors (Lipinski definition) is 3. The number of ether oxygens (including phenoxy) is 1. The van der Waals surface area contributed by atoms with E-state index in [1.54, 1.807) is 7.11 Å². The molecule has 2 rings (SSSR count). The van der Waals surface area contributed by atoms with E-state index in [0.717, 1.165) is 23.2 Å². The Balaban J connectivity index is 2.46. The summed E-state index contributed by atoms with van der Waals surface area (Å²) in [6, 6.07) is 12.1. The van der Waals surface area contributed by atoms with Gasteiger partial charge in [0.15, 0.2) is 0 Å². The lowest BCUT2D eigenvalue weighted by Gasteiger charge is -2.14. The van der Waals surface area contributed by atoms with Gasteiger partial charge in [0.2, 0.25) is 0 Å². The molecule has 0 N–H and O–H groups in total. The van der Waals surface area contributed by atoms with Crippen LogP contribution in [0.5, 0.6) is 0 Å². The molecule has 0 aliphatic rings. The van der Waals surface area contributed by atoms with Gasteiger partial charge in [-0.25, -0.2) is 0 Å². The minimum absolute atomic E-state index is 0.0409. The lowest BCUT2D eigenvalue weighted by Crippen LogP contribution is -2.25. The van der Waals surface area contributed by atoms with Crippen molar-refractivity contribution < 1.29 is 4.74 Å². The number of aromatic nitrogens is 1. The Hall–Kier alpha value is -1.52. The third-order valence-corrected chi connectivity index (χ3v) is 3.84. The van der Waals surface area contributed by atoms with Crippen molar-refractivity contribution in [3.8, 4) is 11.3 Å². The highest BCUT2D eigenvalue weighted by molar-refractivity contribution is 7.79. The van der Waals surface area contributed by atoms with E-state index in [4.69, 9.17) is 4.74 Å². The number of thiol groups is 1. The molecule has 112 valence electrons. The molecule has 1 heterocycles. The SMILES string of the molecule is COCCCn1c(-c2ccc(C)cc2)ccc(CS)c1=O. The first-order valence-electron chi connectivity index (χ1n) is 7.07. The molecule has 0 bridgehead atoms. The molecule has 21 heavy (non-hydrogen) atoms. The zero-order chi connectivity index (χ0) is 15.2. The normalized spacial score (nSPS) is 10.8. The van der Waals surface area contributed by atoms with Crippen LogP contribution in [0, 0.1) is 6.92 Å². The van der Waals surface area contributed by atoms with E-state index in [2.05, 4.69) is 43.8 Å². The number of methoxy groups -OCH3 is 1.